The average Bonchev–Trinajstić information content (AvgIpc) is 2.34. The van der Waals surface area contributed by atoms with E-state index in [2.05, 4.69) is 5.32 Å². The number of hydrogen-bond donors (Lipinski definition) is 3. The number of piperidine rings is 1. The number of likely N-dealkylation sites (tertiary alicyclic amines) is 1. The molecular weight excluding hydrogens is 236 g/mol. The molecule has 0 aromatic carbocycles. The monoisotopic (exact) mass is 258 g/mol. The molecule has 1 heterocycles. The van der Waals surface area contributed by atoms with Gasteiger partial charge in [0.15, 0.2) is 0 Å². The predicted molar refractivity (Wildman–Crippen MR) is 66.2 cm³/mol. The summed E-state index contributed by atoms with van der Waals surface area (Å²) < 4.78 is 0. The van der Waals surface area contributed by atoms with Gasteiger partial charge in [0, 0.05) is 13.1 Å². The standard InChI is InChI=1S/C12H22N2O4/c1-3-8(2)10(11(16)17)13-12(18)14-6-4-5-9(15)7-14/h8-10,15H,3-7H2,1-2H3,(H,13,18)(H,16,17)/t8-,9?,10-/m0/s1. The number of aliphatic hydroxyl groups excluding tert-OH is 1. The molecule has 0 bridgehead atoms. The molecule has 1 aliphatic rings. The van der Waals surface area contributed by atoms with Gasteiger partial charge in [0.25, 0.3) is 0 Å². The molecule has 1 fully saturated rings. The molecule has 0 aliphatic carbocycles. The van der Waals surface area contributed by atoms with Crippen LogP contribution in [0.15, 0.2) is 0 Å². The van der Waals surface area contributed by atoms with Crippen LogP contribution >= 0.6 is 0 Å². The summed E-state index contributed by atoms with van der Waals surface area (Å²) in [5.74, 6) is -1.14. The lowest BCUT2D eigenvalue weighted by Gasteiger charge is -2.32. The Morgan fingerprint density at radius 2 is 2.17 bits per heavy atom. The molecule has 1 aliphatic heterocycles. The third-order valence-corrected chi connectivity index (χ3v) is 3.44. The highest BCUT2D eigenvalue weighted by atomic mass is 16.4. The smallest absolute Gasteiger partial charge is 0.326 e. The number of aliphatic carboxylic acids is 1. The van der Waals surface area contributed by atoms with Crippen molar-refractivity contribution in [3.05, 3.63) is 0 Å². The number of nitrogens with one attached hydrogen (secondary N) is 1. The van der Waals surface area contributed by atoms with Crippen molar-refractivity contribution in [2.75, 3.05) is 13.1 Å². The van der Waals surface area contributed by atoms with Gasteiger partial charge in [-0.3, -0.25) is 0 Å². The molecule has 1 unspecified atom stereocenters. The number of amides is 2. The van der Waals surface area contributed by atoms with Crippen molar-refractivity contribution in [3.63, 3.8) is 0 Å². The number of rotatable bonds is 4. The summed E-state index contributed by atoms with van der Waals surface area (Å²) in [6.45, 7) is 4.52. The van der Waals surface area contributed by atoms with Gasteiger partial charge in [0.2, 0.25) is 0 Å². The molecule has 0 aromatic heterocycles. The van der Waals surface area contributed by atoms with E-state index in [1.54, 1.807) is 6.92 Å². The SMILES string of the molecule is CC[C@H](C)[C@H](NC(=O)N1CCCC(O)C1)C(=O)O. The molecule has 3 N–H and O–H groups in total. The molecule has 3 atom stereocenters. The lowest BCUT2D eigenvalue weighted by Crippen LogP contribution is -2.53. The molecule has 104 valence electrons. The molecule has 1 saturated heterocycles. The van der Waals surface area contributed by atoms with Crippen molar-refractivity contribution in [2.24, 2.45) is 5.92 Å². The number of nitrogens with zero attached hydrogens (tertiary/aromatic N) is 1. The Morgan fingerprint density at radius 1 is 1.50 bits per heavy atom. The minimum absolute atomic E-state index is 0.124. The van der Waals surface area contributed by atoms with Crippen molar-refractivity contribution in [2.45, 2.75) is 45.3 Å². The van der Waals surface area contributed by atoms with Crippen molar-refractivity contribution in [3.8, 4) is 0 Å². The average molecular weight is 258 g/mol. The van der Waals surface area contributed by atoms with Crippen LogP contribution in [0.2, 0.25) is 0 Å². The lowest BCUT2D eigenvalue weighted by molar-refractivity contribution is -0.140. The third kappa shape index (κ3) is 3.87. The van der Waals surface area contributed by atoms with Crippen LogP contribution in [-0.2, 0) is 4.79 Å². The fraction of sp³-hybridized carbons (Fsp3) is 0.833. The minimum atomic E-state index is -1.02. The zero-order valence-corrected chi connectivity index (χ0v) is 10.9. The van der Waals surface area contributed by atoms with Crippen LogP contribution in [-0.4, -0.2) is 52.3 Å². The maximum absolute atomic E-state index is 11.9. The van der Waals surface area contributed by atoms with Crippen LogP contribution < -0.4 is 5.32 Å². The van der Waals surface area contributed by atoms with Crippen LogP contribution in [0.1, 0.15) is 33.1 Å². The topological polar surface area (TPSA) is 89.9 Å². The second-order valence-corrected chi connectivity index (χ2v) is 4.89. The summed E-state index contributed by atoms with van der Waals surface area (Å²) in [4.78, 5) is 24.5. The van der Waals surface area contributed by atoms with Gasteiger partial charge in [-0.2, -0.15) is 0 Å². The van der Waals surface area contributed by atoms with Crippen LogP contribution in [0.5, 0.6) is 0 Å². The van der Waals surface area contributed by atoms with E-state index >= 15 is 0 Å². The highest BCUT2D eigenvalue weighted by Gasteiger charge is 2.29. The second kappa shape index (κ2) is 6.58. The summed E-state index contributed by atoms with van der Waals surface area (Å²) in [5, 5.41) is 21.1. The van der Waals surface area contributed by atoms with Gasteiger partial charge in [0.1, 0.15) is 6.04 Å². The zero-order chi connectivity index (χ0) is 13.7. The molecule has 6 heteroatoms. The highest BCUT2D eigenvalue weighted by molar-refractivity contribution is 5.82. The van der Waals surface area contributed by atoms with E-state index in [1.165, 1.54) is 4.90 Å². The maximum atomic E-state index is 11.9. The molecule has 1 rings (SSSR count). The molecule has 6 nitrogen and oxygen atoms in total. The van der Waals surface area contributed by atoms with Crippen molar-refractivity contribution < 1.29 is 19.8 Å². The van der Waals surface area contributed by atoms with Gasteiger partial charge in [0.05, 0.1) is 6.10 Å². The first-order valence-electron chi connectivity index (χ1n) is 6.42. The number of hydrogen-bond acceptors (Lipinski definition) is 3. The number of aliphatic hydroxyl groups is 1. The number of carboxylic acid groups (broad SMARTS) is 1. The normalized spacial score (nSPS) is 23.3. The number of urea groups is 1. The number of carbonyl (C=O) groups is 2. The highest BCUT2D eigenvalue weighted by Crippen LogP contribution is 2.12. The van der Waals surface area contributed by atoms with Crippen LogP contribution in [0, 0.1) is 5.92 Å². The third-order valence-electron chi connectivity index (χ3n) is 3.44. The van der Waals surface area contributed by atoms with Gasteiger partial charge in [-0.1, -0.05) is 20.3 Å². The largest absolute Gasteiger partial charge is 0.480 e. The van der Waals surface area contributed by atoms with Crippen molar-refractivity contribution in [1.82, 2.24) is 10.2 Å². The molecule has 0 spiro atoms. The second-order valence-electron chi connectivity index (χ2n) is 4.89. The molecule has 0 radical (unpaired) electrons. The molecule has 0 aromatic rings. The van der Waals surface area contributed by atoms with E-state index in [0.717, 1.165) is 6.42 Å². The summed E-state index contributed by atoms with van der Waals surface area (Å²) >= 11 is 0. The summed E-state index contributed by atoms with van der Waals surface area (Å²) in [6.07, 6.45) is 1.61. The van der Waals surface area contributed by atoms with E-state index in [-0.39, 0.29) is 12.5 Å². The molecule has 2 amide bonds. The van der Waals surface area contributed by atoms with Crippen molar-refractivity contribution in [1.29, 1.82) is 0 Å². The minimum Gasteiger partial charge on any atom is -0.480 e. The number of carbonyl (C=O) groups excluding carboxylic acids is 1. The Balaban J connectivity index is 2.58. The zero-order valence-electron chi connectivity index (χ0n) is 10.9. The van der Waals surface area contributed by atoms with Crippen LogP contribution in [0.3, 0.4) is 0 Å². The lowest BCUT2D eigenvalue weighted by atomic mass is 9.99. The van der Waals surface area contributed by atoms with E-state index in [4.69, 9.17) is 5.11 Å². The Bertz CT molecular complexity index is 308. The van der Waals surface area contributed by atoms with Gasteiger partial charge in [-0.05, 0) is 18.8 Å². The van der Waals surface area contributed by atoms with Crippen molar-refractivity contribution >= 4 is 12.0 Å². The maximum Gasteiger partial charge on any atom is 0.326 e. The van der Waals surface area contributed by atoms with Crippen LogP contribution in [0.4, 0.5) is 4.79 Å². The van der Waals surface area contributed by atoms with Gasteiger partial charge < -0.3 is 20.4 Å². The Kier molecular flexibility index (Phi) is 5.40. The van der Waals surface area contributed by atoms with Gasteiger partial charge in [-0.15, -0.1) is 0 Å². The first-order valence-corrected chi connectivity index (χ1v) is 6.42. The fourth-order valence-electron chi connectivity index (χ4n) is 2.05. The summed E-state index contributed by atoms with van der Waals surface area (Å²) in [6, 6.07) is -1.27. The Labute approximate surface area is 107 Å². The summed E-state index contributed by atoms with van der Waals surface area (Å²) in [7, 11) is 0. The molecule has 18 heavy (non-hydrogen) atoms. The first kappa shape index (κ1) is 14.8. The Hall–Kier alpha value is -1.30. The van der Waals surface area contributed by atoms with E-state index in [0.29, 0.717) is 19.4 Å². The predicted octanol–water partition coefficient (Wildman–Crippen LogP) is 0.652. The van der Waals surface area contributed by atoms with Gasteiger partial charge in [-0.25, -0.2) is 9.59 Å². The fourth-order valence-corrected chi connectivity index (χ4v) is 2.05. The number of β-amino-alcohol motifs (C(OH)–C–C–N with tert-alkyl or cyclic N) is 1. The Morgan fingerprint density at radius 3 is 2.67 bits per heavy atom. The molecule has 0 saturated carbocycles. The van der Waals surface area contributed by atoms with Gasteiger partial charge >= 0.3 is 12.0 Å². The quantitative estimate of drug-likeness (QED) is 0.690. The first-order chi connectivity index (χ1) is 8.45. The van der Waals surface area contributed by atoms with Crippen LogP contribution in [0.25, 0.3) is 0 Å². The van der Waals surface area contributed by atoms with E-state index < -0.39 is 24.1 Å². The van der Waals surface area contributed by atoms with E-state index in [1.807, 2.05) is 6.92 Å². The van der Waals surface area contributed by atoms with E-state index in [9.17, 15) is 14.7 Å². The summed E-state index contributed by atoms with van der Waals surface area (Å²) in [5.41, 5.74) is 0. The molecular formula is C12H22N2O4. The number of carboxylic acids is 1.